The number of carbonyl (C=O) groups is 1. The van der Waals surface area contributed by atoms with Gasteiger partial charge < -0.3 is 0 Å². The molecule has 0 atom stereocenters. The summed E-state index contributed by atoms with van der Waals surface area (Å²) < 4.78 is 0. The minimum atomic E-state index is 0.731. The van der Waals surface area contributed by atoms with Crippen molar-refractivity contribution < 1.29 is 4.79 Å². The maximum atomic E-state index is 10.8. The Balaban J connectivity index is 1.39. The Hall–Kier alpha value is -1.89. The Labute approximate surface area is 204 Å². The van der Waals surface area contributed by atoms with Crippen molar-refractivity contribution in [3.63, 3.8) is 0 Å². The van der Waals surface area contributed by atoms with Crippen molar-refractivity contribution in [1.29, 1.82) is 0 Å². The summed E-state index contributed by atoms with van der Waals surface area (Å²) in [4.78, 5) is 10.8. The monoisotopic (exact) mass is 448 g/mol. The van der Waals surface area contributed by atoms with Crippen molar-refractivity contribution in [1.82, 2.24) is 0 Å². The molecule has 0 N–H and O–H groups in total. The van der Waals surface area contributed by atoms with Gasteiger partial charge in [-0.2, -0.15) is 0 Å². The number of hydrogen-bond donors (Lipinski definition) is 0. The van der Waals surface area contributed by atoms with E-state index in [2.05, 4.69) is 31.2 Å². The van der Waals surface area contributed by atoms with Crippen LogP contribution in [0.5, 0.6) is 0 Å². The van der Waals surface area contributed by atoms with Gasteiger partial charge in [-0.15, -0.1) is 0 Å². The molecule has 0 amide bonds. The van der Waals surface area contributed by atoms with Crippen molar-refractivity contribution >= 4 is 6.29 Å². The first-order valence-corrected chi connectivity index (χ1v) is 14.0. The lowest BCUT2D eigenvalue weighted by molar-refractivity contribution is 0.112. The normalized spacial score (nSPS) is 11.1. The summed E-state index contributed by atoms with van der Waals surface area (Å²) in [6.45, 7) is 2.29. The van der Waals surface area contributed by atoms with E-state index in [9.17, 15) is 4.79 Å². The molecule has 0 radical (unpaired) electrons. The highest BCUT2D eigenvalue weighted by Gasteiger charge is 2.00. The van der Waals surface area contributed by atoms with Crippen LogP contribution in [0.2, 0.25) is 0 Å². The van der Waals surface area contributed by atoms with E-state index in [-0.39, 0.29) is 0 Å². The summed E-state index contributed by atoms with van der Waals surface area (Å²) in [6, 6.07) is 16.7. The second-order valence-electron chi connectivity index (χ2n) is 9.84. The van der Waals surface area contributed by atoms with Crippen molar-refractivity contribution in [3.8, 4) is 11.1 Å². The van der Waals surface area contributed by atoms with Crippen LogP contribution >= 0.6 is 0 Å². The molecule has 2 rings (SSSR count). The Morgan fingerprint density at radius 1 is 0.485 bits per heavy atom. The second kappa shape index (κ2) is 18.5. The Morgan fingerprint density at radius 3 is 1.24 bits per heavy atom. The summed E-state index contributed by atoms with van der Waals surface area (Å²) >= 11 is 0. The molecule has 0 heterocycles. The number of hydrogen-bond acceptors (Lipinski definition) is 1. The van der Waals surface area contributed by atoms with E-state index in [4.69, 9.17) is 0 Å². The number of rotatable bonds is 20. The summed E-state index contributed by atoms with van der Waals surface area (Å²) in [7, 11) is 0. The third kappa shape index (κ3) is 12.8. The van der Waals surface area contributed by atoms with Crippen LogP contribution in [0.15, 0.2) is 48.5 Å². The molecule has 0 bridgehead atoms. The molecule has 2 aromatic carbocycles. The van der Waals surface area contributed by atoms with E-state index in [0.717, 1.165) is 11.8 Å². The fraction of sp³-hybridized carbons (Fsp3) is 0.594. The lowest BCUT2D eigenvalue weighted by atomic mass is 10.00. The molecule has 33 heavy (non-hydrogen) atoms. The van der Waals surface area contributed by atoms with Crippen LogP contribution in [0.1, 0.15) is 132 Å². The van der Waals surface area contributed by atoms with Gasteiger partial charge in [0.05, 0.1) is 0 Å². The zero-order valence-corrected chi connectivity index (χ0v) is 21.3. The van der Waals surface area contributed by atoms with Crippen LogP contribution in [-0.4, -0.2) is 6.29 Å². The van der Waals surface area contributed by atoms with Crippen LogP contribution in [0.25, 0.3) is 11.1 Å². The lowest BCUT2D eigenvalue weighted by Crippen LogP contribution is -1.88. The van der Waals surface area contributed by atoms with Crippen LogP contribution in [0.3, 0.4) is 0 Å². The molecule has 182 valence electrons. The minimum Gasteiger partial charge on any atom is -0.298 e. The summed E-state index contributed by atoms with van der Waals surface area (Å²) in [5.41, 5.74) is 4.56. The van der Waals surface area contributed by atoms with Crippen molar-refractivity contribution in [2.45, 2.75) is 122 Å². The lowest BCUT2D eigenvalue weighted by Gasteiger charge is -2.06. The molecule has 0 spiro atoms. The maximum Gasteiger partial charge on any atom is 0.150 e. The van der Waals surface area contributed by atoms with E-state index in [1.165, 1.54) is 132 Å². The average molecular weight is 449 g/mol. The molecule has 0 aliphatic heterocycles. The molecule has 0 aliphatic rings. The van der Waals surface area contributed by atoms with Gasteiger partial charge in [0.15, 0.2) is 0 Å². The zero-order valence-electron chi connectivity index (χ0n) is 21.3. The SMILES string of the molecule is CCCCCCCCCCCCCCCCCCCc1ccc(-c2ccc(C=O)cc2)cc1. The highest BCUT2D eigenvalue weighted by atomic mass is 16.1. The van der Waals surface area contributed by atoms with Gasteiger partial charge in [-0.05, 0) is 29.5 Å². The zero-order chi connectivity index (χ0) is 23.4. The smallest absolute Gasteiger partial charge is 0.150 e. The summed E-state index contributed by atoms with van der Waals surface area (Å²) in [6.07, 6.45) is 26.3. The van der Waals surface area contributed by atoms with E-state index >= 15 is 0 Å². The van der Waals surface area contributed by atoms with Gasteiger partial charge in [0.2, 0.25) is 0 Å². The molecular formula is C32H48O. The number of carbonyl (C=O) groups excluding carboxylic acids is 1. The average Bonchev–Trinajstić information content (AvgIpc) is 2.86. The largest absolute Gasteiger partial charge is 0.298 e. The van der Waals surface area contributed by atoms with Crippen LogP contribution in [0, 0.1) is 0 Å². The van der Waals surface area contributed by atoms with Gasteiger partial charge in [-0.25, -0.2) is 0 Å². The molecule has 1 heteroatoms. The first kappa shape index (κ1) is 27.4. The van der Waals surface area contributed by atoms with Crippen LogP contribution in [-0.2, 0) is 6.42 Å². The molecule has 2 aromatic rings. The molecule has 0 aliphatic carbocycles. The Bertz CT molecular complexity index is 713. The third-order valence-corrected chi connectivity index (χ3v) is 6.90. The van der Waals surface area contributed by atoms with Crippen molar-refractivity contribution in [2.24, 2.45) is 0 Å². The van der Waals surface area contributed by atoms with Crippen LogP contribution < -0.4 is 0 Å². The number of aldehydes is 1. The van der Waals surface area contributed by atoms with Gasteiger partial charge in [0.1, 0.15) is 6.29 Å². The van der Waals surface area contributed by atoms with Gasteiger partial charge >= 0.3 is 0 Å². The van der Waals surface area contributed by atoms with Gasteiger partial charge in [-0.1, -0.05) is 158 Å². The van der Waals surface area contributed by atoms with E-state index < -0.39 is 0 Å². The van der Waals surface area contributed by atoms with E-state index in [1.807, 2.05) is 24.3 Å². The van der Waals surface area contributed by atoms with Crippen molar-refractivity contribution in [2.75, 3.05) is 0 Å². The van der Waals surface area contributed by atoms with Crippen LogP contribution in [0.4, 0.5) is 0 Å². The van der Waals surface area contributed by atoms with E-state index in [1.54, 1.807) is 0 Å². The van der Waals surface area contributed by atoms with Gasteiger partial charge in [-0.3, -0.25) is 4.79 Å². The molecule has 0 unspecified atom stereocenters. The third-order valence-electron chi connectivity index (χ3n) is 6.90. The van der Waals surface area contributed by atoms with Gasteiger partial charge in [0, 0.05) is 5.56 Å². The standard InChI is InChI=1S/C32H48O/c1-2-3-4-5-6-7-8-9-10-11-12-13-14-15-16-17-18-19-29-20-24-31(25-21-29)32-26-22-30(28-33)23-27-32/h20-28H,2-19H2,1H3. The fourth-order valence-electron chi connectivity index (χ4n) is 4.67. The van der Waals surface area contributed by atoms with Crippen molar-refractivity contribution in [3.05, 3.63) is 59.7 Å². The predicted molar refractivity (Wildman–Crippen MR) is 145 cm³/mol. The fourth-order valence-corrected chi connectivity index (χ4v) is 4.67. The molecule has 0 saturated heterocycles. The number of benzene rings is 2. The molecule has 0 aromatic heterocycles. The molecule has 0 fully saturated rings. The predicted octanol–water partition coefficient (Wildman–Crippen LogP) is 10.4. The summed E-state index contributed by atoms with van der Waals surface area (Å²) in [5.74, 6) is 0. The molecule has 0 saturated carbocycles. The Kier molecular flexibility index (Phi) is 15.4. The second-order valence-corrected chi connectivity index (χ2v) is 9.84. The highest BCUT2D eigenvalue weighted by Crippen LogP contribution is 2.21. The van der Waals surface area contributed by atoms with Gasteiger partial charge in [0.25, 0.3) is 0 Å². The number of unbranched alkanes of at least 4 members (excludes halogenated alkanes) is 16. The minimum absolute atomic E-state index is 0.731. The highest BCUT2D eigenvalue weighted by molar-refractivity contribution is 5.76. The Morgan fingerprint density at radius 2 is 0.848 bits per heavy atom. The molecule has 1 nitrogen and oxygen atoms in total. The quantitative estimate of drug-likeness (QED) is 0.145. The molecular weight excluding hydrogens is 400 g/mol. The first-order valence-electron chi connectivity index (χ1n) is 14.0. The topological polar surface area (TPSA) is 17.1 Å². The first-order chi connectivity index (χ1) is 16.3. The number of aryl methyl sites for hydroxylation is 1. The maximum absolute atomic E-state index is 10.8. The van der Waals surface area contributed by atoms with E-state index in [0.29, 0.717) is 0 Å². The summed E-state index contributed by atoms with van der Waals surface area (Å²) in [5, 5.41) is 0.